The topological polar surface area (TPSA) is 21.6 Å². The van der Waals surface area contributed by atoms with Gasteiger partial charge in [-0.25, -0.2) is 0 Å². The number of aliphatic imine (C=N–C) groups is 1. The monoisotopic (exact) mass is 153 g/mol. The molecule has 0 spiro atoms. The van der Waals surface area contributed by atoms with Crippen LogP contribution in [0.5, 0.6) is 0 Å². The Bertz CT molecular complexity index is 175. The Morgan fingerprint density at radius 1 is 1.36 bits per heavy atom. The molecular formula is C9H15NO. The maximum atomic E-state index is 5.58. The average molecular weight is 153 g/mol. The Kier molecular flexibility index (Phi) is 1.72. The highest BCUT2D eigenvalue weighted by Crippen LogP contribution is 2.36. The molecule has 0 N–H and O–H groups in total. The third-order valence-corrected chi connectivity index (χ3v) is 2.50. The Hall–Kier alpha value is -0.370. The maximum Gasteiger partial charge on any atom is 0.0826 e. The third kappa shape index (κ3) is 1.32. The largest absolute Gasteiger partial charge is 0.373 e. The van der Waals surface area contributed by atoms with Crippen molar-refractivity contribution in [3.8, 4) is 0 Å². The smallest absolute Gasteiger partial charge is 0.0826 e. The molecule has 3 fully saturated rings. The average Bonchev–Trinajstić information content (AvgIpc) is 1.83. The van der Waals surface area contributed by atoms with Crippen LogP contribution in [0.1, 0.15) is 33.1 Å². The van der Waals surface area contributed by atoms with E-state index in [9.17, 15) is 0 Å². The summed E-state index contributed by atoms with van der Waals surface area (Å²) in [5, 5.41) is 0. The Morgan fingerprint density at radius 2 is 2.09 bits per heavy atom. The fourth-order valence-corrected chi connectivity index (χ4v) is 1.95. The van der Waals surface area contributed by atoms with Crippen LogP contribution in [0.15, 0.2) is 4.99 Å². The molecule has 0 aromatic carbocycles. The highest BCUT2D eigenvalue weighted by Gasteiger charge is 2.40. The van der Waals surface area contributed by atoms with Crippen molar-refractivity contribution < 1.29 is 4.74 Å². The van der Waals surface area contributed by atoms with E-state index in [0.29, 0.717) is 18.2 Å². The molecule has 62 valence electrons. The molecule has 3 aliphatic rings. The van der Waals surface area contributed by atoms with E-state index in [0.717, 1.165) is 0 Å². The molecule has 11 heavy (non-hydrogen) atoms. The van der Waals surface area contributed by atoms with Crippen molar-refractivity contribution in [3.05, 3.63) is 0 Å². The lowest BCUT2D eigenvalue weighted by Gasteiger charge is -2.45. The number of rotatable bonds is 1. The Morgan fingerprint density at radius 3 is 2.55 bits per heavy atom. The van der Waals surface area contributed by atoms with Gasteiger partial charge in [0.2, 0.25) is 0 Å². The molecule has 0 amide bonds. The van der Waals surface area contributed by atoms with Gasteiger partial charge >= 0.3 is 0 Å². The van der Waals surface area contributed by atoms with E-state index in [4.69, 9.17) is 4.74 Å². The molecule has 2 aliphatic heterocycles. The van der Waals surface area contributed by atoms with Crippen molar-refractivity contribution in [2.75, 3.05) is 0 Å². The van der Waals surface area contributed by atoms with Gasteiger partial charge in [0.15, 0.2) is 0 Å². The molecular weight excluding hydrogens is 138 g/mol. The molecule has 2 nitrogen and oxygen atoms in total. The number of ether oxygens (including phenoxy) is 1. The van der Waals surface area contributed by atoms with Crippen LogP contribution in [0.3, 0.4) is 0 Å². The van der Waals surface area contributed by atoms with Crippen LogP contribution in [0.2, 0.25) is 0 Å². The molecule has 2 heterocycles. The molecule has 2 saturated heterocycles. The summed E-state index contributed by atoms with van der Waals surface area (Å²) < 4.78 is 5.58. The van der Waals surface area contributed by atoms with E-state index in [1.165, 1.54) is 25.0 Å². The molecule has 3 rings (SSSR count). The molecule has 0 aromatic heterocycles. The lowest BCUT2D eigenvalue weighted by Crippen LogP contribution is -2.49. The lowest BCUT2D eigenvalue weighted by molar-refractivity contribution is -0.164. The molecule has 2 bridgehead atoms. The van der Waals surface area contributed by atoms with Crippen LogP contribution in [-0.2, 0) is 4.74 Å². The molecule has 3 atom stereocenters. The van der Waals surface area contributed by atoms with Crippen molar-refractivity contribution in [1.82, 2.24) is 0 Å². The van der Waals surface area contributed by atoms with Gasteiger partial charge in [-0.3, -0.25) is 4.99 Å². The quantitative estimate of drug-likeness (QED) is 0.526. The zero-order valence-corrected chi connectivity index (χ0v) is 7.21. The van der Waals surface area contributed by atoms with Crippen molar-refractivity contribution in [2.45, 2.75) is 51.4 Å². The molecule has 2 heteroatoms. The zero-order valence-electron chi connectivity index (χ0n) is 7.21. The van der Waals surface area contributed by atoms with Gasteiger partial charge in [-0.15, -0.1) is 0 Å². The van der Waals surface area contributed by atoms with Crippen molar-refractivity contribution >= 4 is 5.71 Å². The first-order chi connectivity index (χ1) is 5.25. The molecule has 0 radical (unpaired) electrons. The summed E-state index contributed by atoms with van der Waals surface area (Å²) in [7, 11) is 0. The summed E-state index contributed by atoms with van der Waals surface area (Å²) in [6.07, 6.45) is 4.76. The highest BCUT2D eigenvalue weighted by molar-refractivity contribution is 5.79. The van der Waals surface area contributed by atoms with E-state index in [2.05, 4.69) is 18.8 Å². The minimum Gasteiger partial charge on any atom is -0.373 e. The van der Waals surface area contributed by atoms with E-state index in [-0.39, 0.29) is 0 Å². The van der Waals surface area contributed by atoms with Gasteiger partial charge in [0.1, 0.15) is 0 Å². The second-order valence-corrected chi connectivity index (χ2v) is 3.75. The second kappa shape index (κ2) is 2.59. The highest BCUT2D eigenvalue weighted by atomic mass is 16.5. The standard InChI is InChI=1S/C9H15NO/c1-6(2)10-8-4-3-7-5-9(8)11-7/h7-9H,3-5H2,1-2H3. The van der Waals surface area contributed by atoms with Gasteiger partial charge in [-0.1, -0.05) is 0 Å². The minimum absolute atomic E-state index is 0.462. The van der Waals surface area contributed by atoms with Gasteiger partial charge in [0.05, 0.1) is 18.2 Å². The summed E-state index contributed by atoms with van der Waals surface area (Å²) in [5.74, 6) is 0. The van der Waals surface area contributed by atoms with Crippen LogP contribution < -0.4 is 0 Å². The SMILES string of the molecule is CC(C)=NC1CCC2CC1O2. The number of hydrogen-bond acceptors (Lipinski definition) is 2. The third-order valence-electron chi connectivity index (χ3n) is 2.50. The van der Waals surface area contributed by atoms with Crippen molar-refractivity contribution in [2.24, 2.45) is 4.99 Å². The summed E-state index contributed by atoms with van der Waals surface area (Å²) in [6.45, 7) is 4.12. The second-order valence-electron chi connectivity index (χ2n) is 3.75. The molecule has 1 saturated carbocycles. The zero-order chi connectivity index (χ0) is 7.84. The molecule has 1 aliphatic carbocycles. The van der Waals surface area contributed by atoms with Gasteiger partial charge in [0, 0.05) is 12.1 Å². The fraction of sp³-hybridized carbons (Fsp3) is 0.889. The van der Waals surface area contributed by atoms with Gasteiger partial charge in [0.25, 0.3) is 0 Å². The van der Waals surface area contributed by atoms with E-state index in [1.54, 1.807) is 0 Å². The van der Waals surface area contributed by atoms with Gasteiger partial charge in [-0.2, -0.15) is 0 Å². The van der Waals surface area contributed by atoms with Gasteiger partial charge < -0.3 is 4.74 Å². The Balaban J connectivity index is 1.98. The van der Waals surface area contributed by atoms with Crippen molar-refractivity contribution in [3.63, 3.8) is 0 Å². The first-order valence-electron chi connectivity index (χ1n) is 4.42. The number of nitrogens with zero attached hydrogens (tertiary/aromatic N) is 1. The lowest BCUT2D eigenvalue weighted by atomic mass is 9.85. The molecule has 0 aromatic rings. The summed E-state index contributed by atoms with van der Waals surface area (Å²) >= 11 is 0. The first-order valence-corrected chi connectivity index (χ1v) is 4.42. The minimum atomic E-state index is 0.462. The van der Waals surface area contributed by atoms with Crippen LogP contribution in [0, 0.1) is 0 Å². The van der Waals surface area contributed by atoms with E-state index in [1.807, 2.05) is 0 Å². The predicted molar refractivity (Wildman–Crippen MR) is 45.1 cm³/mol. The predicted octanol–water partition coefficient (Wildman–Crippen LogP) is 1.79. The Labute approximate surface area is 67.7 Å². The summed E-state index contributed by atoms with van der Waals surface area (Å²) in [6, 6.07) is 0.477. The van der Waals surface area contributed by atoms with E-state index < -0.39 is 0 Å². The summed E-state index contributed by atoms with van der Waals surface area (Å²) in [5.41, 5.74) is 1.18. The maximum absolute atomic E-state index is 5.58. The molecule has 3 unspecified atom stereocenters. The first kappa shape index (κ1) is 7.29. The normalized spacial score (nSPS) is 41.1. The fourth-order valence-electron chi connectivity index (χ4n) is 1.95. The van der Waals surface area contributed by atoms with Gasteiger partial charge in [-0.05, 0) is 26.7 Å². The summed E-state index contributed by atoms with van der Waals surface area (Å²) in [4.78, 5) is 4.55. The number of hydrogen-bond donors (Lipinski definition) is 0. The van der Waals surface area contributed by atoms with E-state index >= 15 is 0 Å². The van der Waals surface area contributed by atoms with Crippen LogP contribution in [0.25, 0.3) is 0 Å². The van der Waals surface area contributed by atoms with Crippen LogP contribution >= 0.6 is 0 Å². The van der Waals surface area contributed by atoms with Crippen molar-refractivity contribution in [1.29, 1.82) is 0 Å². The number of fused-ring (bicyclic) bond motifs is 2. The van der Waals surface area contributed by atoms with Crippen LogP contribution in [0.4, 0.5) is 0 Å². The van der Waals surface area contributed by atoms with Crippen LogP contribution in [-0.4, -0.2) is 24.0 Å².